The maximum atomic E-state index is 12.2. The molecule has 0 aliphatic carbocycles. The van der Waals surface area contributed by atoms with Gasteiger partial charge in [-0.3, -0.25) is 9.59 Å². The predicted molar refractivity (Wildman–Crippen MR) is 128 cm³/mol. The average Bonchev–Trinajstić information content (AvgIpc) is 2.67. The molecular formula is C25H29ClN2O4. The quantitative estimate of drug-likeness (QED) is 0.578. The highest BCUT2D eigenvalue weighted by Crippen LogP contribution is 2.35. The minimum absolute atomic E-state index is 0.0991. The molecule has 0 radical (unpaired) electrons. The van der Waals surface area contributed by atoms with Gasteiger partial charge < -0.3 is 15.1 Å². The van der Waals surface area contributed by atoms with Crippen molar-refractivity contribution in [3.8, 4) is 11.1 Å². The van der Waals surface area contributed by atoms with Gasteiger partial charge in [-0.2, -0.15) is 0 Å². The molecular weight excluding hydrogens is 428 g/mol. The zero-order valence-electron chi connectivity index (χ0n) is 19.2. The van der Waals surface area contributed by atoms with Crippen LogP contribution in [-0.2, 0) is 11.2 Å². The lowest BCUT2D eigenvalue weighted by Gasteiger charge is -2.16. The van der Waals surface area contributed by atoms with Gasteiger partial charge in [0.15, 0.2) is 0 Å². The van der Waals surface area contributed by atoms with Crippen LogP contribution in [0.5, 0.6) is 0 Å². The number of pyridine rings is 1. The molecule has 0 atom stereocenters. The topological polar surface area (TPSA) is 90.7 Å². The second kappa shape index (κ2) is 10.1. The number of fused-ring (bicyclic) bond motifs is 1. The Morgan fingerprint density at radius 3 is 2.12 bits per heavy atom. The molecule has 0 spiro atoms. The first-order valence-electron chi connectivity index (χ1n) is 10.1. The Morgan fingerprint density at radius 1 is 1.06 bits per heavy atom. The van der Waals surface area contributed by atoms with Crippen molar-refractivity contribution in [3.63, 3.8) is 0 Å². The zero-order valence-corrected chi connectivity index (χ0v) is 20.0. The molecule has 0 saturated heterocycles. The number of carbonyl (C=O) groups is 2. The van der Waals surface area contributed by atoms with Crippen LogP contribution in [0.2, 0.25) is 5.02 Å². The molecule has 0 bridgehead atoms. The molecule has 2 N–H and O–H groups in total. The Morgan fingerprint density at radius 2 is 1.62 bits per heavy atom. The number of nitrogens with zero attached hydrogens (tertiary/aromatic N) is 2. The van der Waals surface area contributed by atoms with Crippen LogP contribution in [0, 0.1) is 6.92 Å². The molecule has 6 nitrogen and oxygen atoms in total. The van der Waals surface area contributed by atoms with E-state index in [2.05, 4.69) is 4.98 Å². The van der Waals surface area contributed by atoms with Crippen LogP contribution >= 0.6 is 11.6 Å². The lowest BCUT2D eigenvalue weighted by Crippen LogP contribution is -2.22. The molecule has 2 aromatic carbocycles. The molecule has 0 aliphatic heterocycles. The van der Waals surface area contributed by atoms with Crippen molar-refractivity contribution in [2.75, 3.05) is 14.1 Å². The summed E-state index contributed by atoms with van der Waals surface area (Å²) in [5, 5.41) is 19.3. The smallest absolute Gasteiger partial charge is 0.307 e. The summed E-state index contributed by atoms with van der Waals surface area (Å²) in [6.07, 6.45) is -0.0991. The van der Waals surface area contributed by atoms with E-state index in [0.717, 1.165) is 27.6 Å². The molecule has 3 aromatic rings. The van der Waals surface area contributed by atoms with Crippen molar-refractivity contribution in [2.45, 2.75) is 39.7 Å². The maximum absolute atomic E-state index is 12.2. The fraction of sp³-hybridized carbons (Fsp3) is 0.320. The number of amides is 1. The molecule has 0 fully saturated rings. The number of carboxylic acids is 1. The number of benzene rings is 2. The Hall–Kier alpha value is -2.96. The van der Waals surface area contributed by atoms with Crippen LogP contribution in [-0.4, -0.2) is 51.7 Å². The summed E-state index contributed by atoms with van der Waals surface area (Å²) in [5.74, 6) is -1.09. The number of halogens is 1. The second-order valence-electron chi connectivity index (χ2n) is 8.76. The third kappa shape index (κ3) is 6.77. The van der Waals surface area contributed by atoms with Crippen molar-refractivity contribution in [2.24, 2.45) is 0 Å². The van der Waals surface area contributed by atoms with Crippen LogP contribution in [0.1, 0.15) is 42.4 Å². The van der Waals surface area contributed by atoms with E-state index in [1.165, 1.54) is 4.90 Å². The molecule has 3 rings (SSSR count). The minimum Gasteiger partial charge on any atom is -0.481 e. The summed E-state index contributed by atoms with van der Waals surface area (Å²) >= 11 is 6.01. The van der Waals surface area contributed by atoms with Crippen LogP contribution in [0.25, 0.3) is 22.0 Å². The molecule has 0 aliphatic rings. The van der Waals surface area contributed by atoms with Crippen LogP contribution in [0.15, 0.2) is 42.5 Å². The number of hydrogen-bond acceptors (Lipinski definition) is 4. The van der Waals surface area contributed by atoms with Gasteiger partial charge >= 0.3 is 5.97 Å². The molecule has 0 saturated carbocycles. The summed E-state index contributed by atoms with van der Waals surface area (Å²) in [6.45, 7) is 7.09. The minimum atomic E-state index is -0.903. The van der Waals surface area contributed by atoms with E-state index in [1.54, 1.807) is 53.1 Å². The summed E-state index contributed by atoms with van der Waals surface area (Å²) in [7, 11) is 3.35. The van der Waals surface area contributed by atoms with E-state index in [0.29, 0.717) is 16.2 Å². The summed E-state index contributed by atoms with van der Waals surface area (Å²) in [5.41, 5.74) is 3.71. The van der Waals surface area contributed by atoms with Crippen LogP contribution < -0.4 is 0 Å². The van der Waals surface area contributed by atoms with Crippen molar-refractivity contribution < 1.29 is 19.8 Å². The molecule has 1 aromatic heterocycles. The SMILES string of the molecule is CC(C)(C)O.Cc1cc2nc(C(=O)N(C)C)ccc2c(-c2ccc(Cl)cc2)c1CC(=O)O. The highest BCUT2D eigenvalue weighted by molar-refractivity contribution is 6.30. The molecule has 0 unspecified atom stereocenters. The van der Waals surface area contributed by atoms with Gasteiger partial charge in [0.2, 0.25) is 0 Å². The van der Waals surface area contributed by atoms with Gasteiger partial charge in [-0.15, -0.1) is 0 Å². The standard InChI is InChI=1S/C21H19ClN2O3.C4H10O/c1-12-10-18-15(8-9-17(23-18)21(27)24(2)3)20(16(12)11-19(25)26)13-4-6-14(22)7-5-13;1-4(2,3)5/h4-10H,11H2,1-3H3,(H,25,26);5H,1-3H3. The molecule has 1 heterocycles. The third-order valence-corrected chi connectivity index (χ3v) is 4.66. The van der Waals surface area contributed by atoms with Gasteiger partial charge in [0.25, 0.3) is 5.91 Å². The number of carboxylic acid groups (broad SMARTS) is 1. The average molecular weight is 457 g/mol. The Bertz CT molecular complexity index is 1130. The number of rotatable bonds is 4. The largest absolute Gasteiger partial charge is 0.481 e. The van der Waals surface area contributed by atoms with Gasteiger partial charge in [0, 0.05) is 24.5 Å². The van der Waals surface area contributed by atoms with E-state index in [1.807, 2.05) is 31.2 Å². The Balaban J connectivity index is 0.000000654. The summed E-state index contributed by atoms with van der Waals surface area (Å²) in [6, 6.07) is 12.6. The van der Waals surface area contributed by atoms with Gasteiger partial charge in [-0.25, -0.2) is 4.98 Å². The van der Waals surface area contributed by atoms with Crippen LogP contribution in [0.3, 0.4) is 0 Å². The number of aromatic nitrogens is 1. The molecule has 7 heteroatoms. The second-order valence-corrected chi connectivity index (χ2v) is 9.19. The number of hydrogen-bond donors (Lipinski definition) is 2. The fourth-order valence-electron chi connectivity index (χ4n) is 3.12. The first kappa shape index (κ1) is 25.3. The fourth-order valence-corrected chi connectivity index (χ4v) is 3.25. The Kier molecular flexibility index (Phi) is 7.99. The van der Waals surface area contributed by atoms with Gasteiger partial charge in [0.1, 0.15) is 5.69 Å². The Labute approximate surface area is 193 Å². The lowest BCUT2D eigenvalue weighted by molar-refractivity contribution is -0.136. The highest BCUT2D eigenvalue weighted by atomic mass is 35.5. The van der Waals surface area contributed by atoms with E-state index >= 15 is 0 Å². The van der Waals surface area contributed by atoms with E-state index < -0.39 is 11.6 Å². The summed E-state index contributed by atoms with van der Waals surface area (Å²) in [4.78, 5) is 29.7. The maximum Gasteiger partial charge on any atom is 0.307 e. The van der Waals surface area contributed by atoms with Crippen molar-refractivity contribution in [1.29, 1.82) is 0 Å². The first-order valence-corrected chi connectivity index (χ1v) is 10.5. The number of aryl methyl sites for hydroxylation is 1. The first-order chi connectivity index (χ1) is 14.8. The van der Waals surface area contributed by atoms with E-state index in [-0.39, 0.29) is 12.3 Å². The summed E-state index contributed by atoms with van der Waals surface area (Å²) < 4.78 is 0. The van der Waals surface area contributed by atoms with Gasteiger partial charge in [0.05, 0.1) is 17.5 Å². The number of carbonyl (C=O) groups excluding carboxylic acids is 1. The van der Waals surface area contributed by atoms with E-state index in [4.69, 9.17) is 16.7 Å². The van der Waals surface area contributed by atoms with E-state index in [9.17, 15) is 14.7 Å². The molecule has 1 amide bonds. The lowest BCUT2D eigenvalue weighted by atomic mass is 9.90. The van der Waals surface area contributed by atoms with Gasteiger partial charge in [-0.05, 0) is 80.3 Å². The normalized spacial score (nSPS) is 11.0. The predicted octanol–water partition coefficient (Wildman–Crippen LogP) is 4.97. The van der Waals surface area contributed by atoms with Gasteiger partial charge in [-0.1, -0.05) is 23.7 Å². The number of aliphatic hydroxyl groups is 1. The highest BCUT2D eigenvalue weighted by Gasteiger charge is 2.18. The monoisotopic (exact) mass is 456 g/mol. The van der Waals surface area contributed by atoms with Crippen molar-refractivity contribution in [3.05, 3.63) is 64.3 Å². The van der Waals surface area contributed by atoms with Crippen molar-refractivity contribution >= 4 is 34.4 Å². The third-order valence-electron chi connectivity index (χ3n) is 4.41. The van der Waals surface area contributed by atoms with Crippen LogP contribution in [0.4, 0.5) is 0 Å². The number of aliphatic carboxylic acids is 1. The molecule has 170 valence electrons. The molecule has 32 heavy (non-hydrogen) atoms. The van der Waals surface area contributed by atoms with Crippen molar-refractivity contribution in [1.82, 2.24) is 9.88 Å². The zero-order chi connectivity index (χ0) is 24.2.